The van der Waals surface area contributed by atoms with Crippen LogP contribution in [0.3, 0.4) is 0 Å². The molecule has 0 rings (SSSR count). The molecule has 0 N–H and O–H groups in total. The second-order valence-corrected chi connectivity index (χ2v) is 5.21. The molecule has 0 aromatic carbocycles. The molecule has 18 heavy (non-hydrogen) atoms. The zero-order chi connectivity index (χ0) is 14.0. The fourth-order valence-corrected chi connectivity index (χ4v) is 1.61. The summed E-state index contributed by atoms with van der Waals surface area (Å²) in [6.07, 6.45) is 0. The minimum atomic E-state index is -0.708. The van der Waals surface area contributed by atoms with Crippen molar-refractivity contribution in [2.24, 2.45) is 0 Å². The molecule has 0 aromatic heterocycles. The first-order valence-electron chi connectivity index (χ1n) is 5.23. The molecule has 8 heteroatoms. The number of hydrogen-bond donors (Lipinski definition) is 0. The maximum atomic E-state index is 11.2. The Hall–Kier alpha value is -0.530. The largest absolute Gasteiger partial charge is 0.479 e. The van der Waals surface area contributed by atoms with E-state index in [9.17, 15) is 9.59 Å². The van der Waals surface area contributed by atoms with Gasteiger partial charge in [-0.05, 0) is 26.1 Å². The summed E-state index contributed by atoms with van der Waals surface area (Å²) < 4.78 is 14.8. The molecule has 0 aromatic rings. The van der Waals surface area contributed by atoms with E-state index in [1.807, 2.05) is 0 Å². The Balaban J connectivity index is 3.54. The smallest absolute Gasteiger partial charge is 0.323 e. The van der Waals surface area contributed by atoms with Crippen molar-refractivity contribution in [3.05, 3.63) is 0 Å². The molecule has 0 aliphatic carbocycles. The number of alkyl halides is 1. The lowest BCUT2D eigenvalue weighted by atomic mass is 10.5. The molecule has 0 amide bonds. The summed E-state index contributed by atoms with van der Waals surface area (Å²) in [5.41, 5.74) is 0. The zero-order valence-corrected chi connectivity index (χ0v) is 12.5. The summed E-state index contributed by atoms with van der Waals surface area (Å²) in [5, 5.41) is -0.708. The number of carbonyl (C=O) groups is 2. The van der Waals surface area contributed by atoms with E-state index < -0.39 is 17.3 Å². The van der Waals surface area contributed by atoms with E-state index in [2.05, 4.69) is 0 Å². The molecule has 0 saturated heterocycles. The molecular formula is C10H15ClO5S2. The van der Waals surface area contributed by atoms with Crippen molar-refractivity contribution in [1.29, 1.82) is 0 Å². The summed E-state index contributed by atoms with van der Waals surface area (Å²) in [6.45, 7) is 3.75. The predicted octanol–water partition coefficient (Wildman–Crippen LogP) is 1.75. The van der Waals surface area contributed by atoms with Gasteiger partial charge in [0, 0.05) is 0 Å². The van der Waals surface area contributed by atoms with E-state index in [4.69, 9.17) is 38.0 Å². The van der Waals surface area contributed by atoms with Crippen molar-refractivity contribution in [3.8, 4) is 0 Å². The van der Waals surface area contributed by atoms with E-state index in [1.54, 1.807) is 6.92 Å². The zero-order valence-electron chi connectivity index (χ0n) is 10.1. The highest BCUT2D eigenvalue weighted by Crippen LogP contribution is 2.06. The minimum absolute atomic E-state index is 0.00383. The monoisotopic (exact) mass is 314 g/mol. The van der Waals surface area contributed by atoms with Crippen LogP contribution in [0.15, 0.2) is 0 Å². The van der Waals surface area contributed by atoms with Gasteiger partial charge < -0.3 is 14.2 Å². The van der Waals surface area contributed by atoms with Gasteiger partial charge in [0.05, 0.1) is 12.4 Å². The molecule has 0 aliphatic heterocycles. The fraction of sp³-hybridized carbons (Fsp3) is 0.700. The SMILES string of the molecule is CCOC(=S)SCC(=O)OCCOC(=O)C(C)Cl. The summed E-state index contributed by atoms with van der Waals surface area (Å²) in [5.74, 6) is -0.921. The molecule has 5 nitrogen and oxygen atoms in total. The third-order valence-corrected chi connectivity index (χ3v) is 2.87. The van der Waals surface area contributed by atoms with Crippen LogP contribution in [0.25, 0.3) is 0 Å². The van der Waals surface area contributed by atoms with Crippen molar-refractivity contribution in [2.45, 2.75) is 19.2 Å². The first-order valence-corrected chi connectivity index (χ1v) is 7.06. The molecule has 1 unspecified atom stereocenters. The Morgan fingerprint density at radius 2 is 1.89 bits per heavy atom. The van der Waals surface area contributed by atoms with E-state index in [0.29, 0.717) is 11.0 Å². The number of thiocarbonyl (C=S) groups is 1. The third kappa shape index (κ3) is 9.49. The van der Waals surface area contributed by atoms with Gasteiger partial charge in [-0.2, -0.15) is 0 Å². The number of thioether (sulfide) groups is 1. The molecule has 0 aliphatic rings. The quantitative estimate of drug-likeness (QED) is 0.307. The number of ether oxygens (including phenoxy) is 3. The molecule has 1 atom stereocenters. The standard InChI is InChI=1S/C10H15ClO5S2/c1-3-14-10(17)18-6-8(12)15-4-5-16-9(13)7(2)11/h7H,3-6H2,1-2H3. The average molecular weight is 315 g/mol. The molecule has 0 saturated carbocycles. The second-order valence-electron chi connectivity index (χ2n) is 2.98. The lowest BCUT2D eigenvalue weighted by Crippen LogP contribution is -2.19. The van der Waals surface area contributed by atoms with Gasteiger partial charge in [0.2, 0.25) is 4.38 Å². The first kappa shape index (κ1) is 17.5. The summed E-state index contributed by atoms with van der Waals surface area (Å²) >= 11 is 11.4. The number of hydrogen-bond acceptors (Lipinski definition) is 7. The van der Waals surface area contributed by atoms with Crippen LogP contribution in [0.5, 0.6) is 0 Å². The first-order chi connectivity index (χ1) is 8.47. The molecule has 0 spiro atoms. The van der Waals surface area contributed by atoms with Gasteiger partial charge in [-0.1, -0.05) is 11.8 Å². The Bertz CT molecular complexity index is 296. The number of halogens is 1. The Morgan fingerprint density at radius 1 is 1.28 bits per heavy atom. The van der Waals surface area contributed by atoms with Crippen molar-refractivity contribution >= 4 is 51.9 Å². The van der Waals surface area contributed by atoms with Crippen LogP contribution in [0.1, 0.15) is 13.8 Å². The van der Waals surface area contributed by atoms with Gasteiger partial charge in [-0.25, -0.2) is 0 Å². The van der Waals surface area contributed by atoms with E-state index >= 15 is 0 Å². The normalized spacial score (nSPS) is 11.5. The van der Waals surface area contributed by atoms with Gasteiger partial charge in [0.25, 0.3) is 0 Å². The van der Waals surface area contributed by atoms with Crippen LogP contribution < -0.4 is 0 Å². The van der Waals surface area contributed by atoms with E-state index in [0.717, 1.165) is 11.8 Å². The summed E-state index contributed by atoms with van der Waals surface area (Å²) in [4.78, 5) is 22.1. The van der Waals surface area contributed by atoms with Crippen LogP contribution >= 0.6 is 35.6 Å². The van der Waals surface area contributed by atoms with Gasteiger partial charge >= 0.3 is 11.9 Å². The molecule has 0 bridgehead atoms. The average Bonchev–Trinajstić information content (AvgIpc) is 2.32. The Kier molecular flexibility index (Phi) is 10.1. The van der Waals surface area contributed by atoms with Crippen LogP contribution in [-0.4, -0.2) is 47.3 Å². The topological polar surface area (TPSA) is 61.8 Å². The summed E-state index contributed by atoms with van der Waals surface area (Å²) in [7, 11) is 0. The van der Waals surface area contributed by atoms with Crippen LogP contribution in [0.2, 0.25) is 0 Å². The van der Waals surface area contributed by atoms with Crippen molar-refractivity contribution < 1.29 is 23.8 Å². The highest BCUT2D eigenvalue weighted by atomic mass is 35.5. The fourth-order valence-electron chi connectivity index (χ4n) is 0.732. The second kappa shape index (κ2) is 10.4. The lowest BCUT2D eigenvalue weighted by Gasteiger charge is -2.07. The van der Waals surface area contributed by atoms with Crippen molar-refractivity contribution in [1.82, 2.24) is 0 Å². The minimum Gasteiger partial charge on any atom is -0.479 e. The van der Waals surface area contributed by atoms with Crippen LogP contribution in [-0.2, 0) is 23.8 Å². The maximum Gasteiger partial charge on any atom is 0.323 e. The van der Waals surface area contributed by atoms with Crippen molar-refractivity contribution in [3.63, 3.8) is 0 Å². The highest BCUT2D eigenvalue weighted by molar-refractivity contribution is 8.23. The van der Waals surface area contributed by atoms with Crippen molar-refractivity contribution in [2.75, 3.05) is 25.6 Å². The molecule has 0 heterocycles. The lowest BCUT2D eigenvalue weighted by molar-refractivity contribution is -0.150. The Labute approximate surface area is 120 Å². The van der Waals surface area contributed by atoms with E-state index in [-0.39, 0.29) is 19.0 Å². The molecular weight excluding hydrogens is 300 g/mol. The van der Waals surface area contributed by atoms with Gasteiger partial charge in [-0.3, -0.25) is 9.59 Å². The van der Waals surface area contributed by atoms with Crippen LogP contribution in [0, 0.1) is 0 Å². The number of esters is 2. The molecule has 104 valence electrons. The molecule has 0 fully saturated rings. The predicted molar refractivity (Wildman–Crippen MR) is 73.9 cm³/mol. The van der Waals surface area contributed by atoms with Gasteiger partial charge in [0.1, 0.15) is 18.6 Å². The number of carbonyl (C=O) groups excluding carboxylic acids is 2. The summed E-state index contributed by atoms with van der Waals surface area (Å²) in [6, 6.07) is 0. The highest BCUT2D eigenvalue weighted by Gasteiger charge is 2.11. The van der Waals surface area contributed by atoms with E-state index in [1.165, 1.54) is 6.92 Å². The third-order valence-electron chi connectivity index (χ3n) is 1.49. The van der Waals surface area contributed by atoms with Crippen LogP contribution in [0.4, 0.5) is 0 Å². The van der Waals surface area contributed by atoms with Gasteiger partial charge in [-0.15, -0.1) is 11.6 Å². The Morgan fingerprint density at radius 3 is 2.44 bits per heavy atom. The molecule has 0 radical (unpaired) electrons. The van der Waals surface area contributed by atoms with Gasteiger partial charge in [0.15, 0.2) is 0 Å². The number of rotatable bonds is 7. The maximum absolute atomic E-state index is 11.2.